The van der Waals surface area contributed by atoms with Crippen molar-refractivity contribution in [2.75, 3.05) is 6.61 Å². The standard InChI is InChI=1S/C13H14N4O/c1-2-10-17-13(14-15-16-17)9-6-11-18-12-7-4-3-5-8-12/h1,3-5,7-8H,6,9-11H2. The Hall–Kier alpha value is -2.35. The van der Waals surface area contributed by atoms with Crippen LogP contribution in [0.25, 0.3) is 0 Å². The summed E-state index contributed by atoms with van der Waals surface area (Å²) >= 11 is 0. The molecule has 0 N–H and O–H groups in total. The Balaban J connectivity index is 1.75. The van der Waals surface area contributed by atoms with Crippen molar-refractivity contribution in [3.05, 3.63) is 36.2 Å². The van der Waals surface area contributed by atoms with Crippen molar-refractivity contribution in [3.8, 4) is 18.1 Å². The maximum Gasteiger partial charge on any atom is 0.152 e. The molecule has 1 heterocycles. The van der Waals surface area contributed by atoms with Crippen LogP contribution in [0, 0.1) is 12.3 Å². The second kappa shape index (κ2) is 6.40. The molecule has 0 saturated heterocycles. The van der Waals surface area contributed by atoms with E-state index in [0.29, 0.717) is 13.2 Å². The van der Waals surface area contributed by atoms with Gasteiger partial charge in [-0.05, 0) is 29.0 Å². The fraction of sp³-hybridized carbons (Fsp3) is 0.308. The van der Waals surface area contributed by atoms with Crippen LogP contribution in [0.3, 0.4) is 0 Å². The minimum atomic E-state index is 0.405. The maximum atomic E-state index is 5.59. The van der Waals surface area contributed by atoms with Gasteiger partial charge in [0.1, 0.15) is 12.3 Å². The van der Waals surface area contributed by atoms with Crippen molar-refractivity contribution in [2.45, 2.75) is 19.4 Å². The first-order chi connectivity index (χ1) is 8.90. The molecule has 0 bridgehead atoms. The van der Waals surface area contributed by atoms with Crippen LogP contribution in [0.2, 0.25) is 0 Å². The molecule has 0 fully saturated rings. The van der Waals surface area contributed by atoms with E-state index in [1.807, 2.05) is 30.3 Å². The normalized spacial score (nSPS) is 9.94. The van der Waals surface area contributed by atoms with E-state index >= 15 is 0 Å². The molecule has 0 aliphatic rings. The van der Waals surface area contributed by atoms with Gasteiger partial charge in [-0.2, -0.15) is 0 Å². The lowest BCUT2D eigenvalue weighted by atomic mass is 10.3. The van der Waals surface area contributed by atoms with Gasteiger partial charge in [0, 0.05) is 6.42 Å². The van der Waals surface area contributed by atoms with Crippen molar-refractivity contribution in [1.82, 2.24) is 20.2 Å². The summed E-state index contributed by atoms with van der Waals surface area (Å²) in [7, 11) is 0. The van der Waals surface area contributed by atoms with Gasteiger partial charge in [0.2, 0.25) is 0 Å². The van der Waals surface area contributed by atoms with Gasteiger partial charge >= 0.3 is 0 Å². The number of hydrogen-bond donors (Lipinski definition) is 0. The predicted molar refractivity (Wildman–Crippen MR) is 66.9 cm³/mol. The highest BCUT2D eigenvalue weighted by Crippen LogP contribution is 2.09. The molecule has 92 valence electrons. The van der Waals surface area contributed by atoms with Crippen LogP contribution < -0.4 is 4.74 Å². The fourth-order valence-electron chi connectivity index (χ4n) is 1.55. The molecule has 1 aromatic heterocycles. The van der Waals surface area contributed by atoms with Gasteiger partial charge < -0.3 is 4.74 Å². The Labute approximate surface area is 106 Å². The Morgan fingerprint density at radius 3 is 2.89 bits per heavy atom. The van der Waals surface area contributed by atoms with Gasteiger partial charge in [0.05, 0.1) is 6.61 Å². The summed E-state index contributed by atoms with van der Waals surface area (Å²) in [6, 6.07) is 9.72. The monoisotopic (exact) mass is 242 g/mol. The number of terminal acetylenes is 1. The molecule has 5 heteroatoms. The van der Waals surface area contributed by atoms with Crippen molar-refractivity contribution in [3.63, 3.8) is 0 Å². The lowest BCUT2D eigenvalue weighted by Gasteiger charge is -2.05. The lowest BCUT2D eigenvalue weighted by molar-refractivity contribution is 0.309. The highest BCUT2D eigenvalue weighted by atomic mass is 16.5. The van der Waals surface area contributed by atoms with Crippen molar-refractivity contribution >= 4 is 0 Å². The van der Waals surface area contributed by atoms with Gasteiger partial charge in [-0.15, -0.1) is 11.5 Å². The van der Waals surface area contributed by atoms with E-state index in [1.165, 1.54) is 0 Å². The number of ether oxygens (including phenoxy) is 1. The molecule has 0 aliphatic carbocycles. The van der Waals surface area contributed by atoms with Crippen molar-refractivity contribution in [1.29, 1.82) is 0 Å². The predicted octanol–water partition coefficient (Wildman–Crippen LogP) is 1.32. The Bertz CT molecular complexity index is 515. The summed E-state index contributed by atoms with van der Waals surface area (Å²) < 4.78 is 7.21. The molecule has 2 rings (SSSR count). The molecule has 0 aliphatic heterocycles. The quantitative estimate of drug-likeness (QED) is 0.566. The number of hydrogen-bond acceptors (Lipinski definition) is 4. The number of aryl methyl sites for hydroxylation is 1. The third kappa shape index (κ3) is 3.32. The molecule has 0 amide bonds. The van der Waals surface area contributed by atoms with Gasteiger partial charge in [-0.3, -0.25) is 0 Å². The zero-order valence-electron chi connectivity index (χ0n) is 9.99. The van der Waals surface area contributed by atoms with Gasteiger partial charge in [0.15, 0.2) is 5.82 Å². The molecule has 0 unspecified atom stereocenters. The summed E-state index contributed by atoms with van der Waals surface area (Å²) in [6.07, 6.45) is 6.83. The van der Waals surface area contributed by atoms with E-state index in [2.05, 4.69) is 21.4 Å². The Morgan fingerprint density at radius 2 is 2.11 bits per heavy atom. The number of para-hydroxylation sites is 1. The van der Waals surface area contributed by atoms with Crippen LogP contribution in [-0.2, 0) is 13.0 Å². The first kappa shape index (κ1) is 12.1. The smallest absolute Gasteiger partial charge is 0.152 e. The molecule has 18 heavy (non-hydrogen) atoms. The molecule has 0 spiro atoms. The number of rotatable bonds is 6. The first-order valence-corrected chi connectivity index (χ1v) is 5.76. The molecule has 1 aromatic carbocycles. The SMILES string of the molecule is C#CCn1nnnc1CCCOc1ccccc1. The summed E-state index contributed by atoms with van der Waals surface area (Å²) in [6.45, 7) is 1.04. The molecular formula is C13H14N4O. The number of nitrogens with zero attached hydrogens (tertiary/aromatic N) is 4. The topological polar surface area (TPSA) is 52.8 Å². The fourth-order valence-corrected chi connectivity index (χ4v) is 1.55. The summed E-state index contributed by atoms with van der Waals surface area (Å²) in [5.41, 5.74) is 0. The molecule has 0 atom stereocenters. The molecular weight excluding hydrogens is 228 g/mol. The minimum Gasteiger partial charge on any atom is -0.494 e. The third-order valence-electron chi connectivity index (χ3n) is 2.40. The Kier molecular flexibility index (Phi) is 4.31. The van der Waals surface area contributed by atoms with Crippen LogP contribution in [0.1, 0.15) is 12.2 Å². The second-order valence-electron chi connectivity index (χ2n) is 3.72. The lowest BCUT2D eigenvalue weighted by Crippen LogP contribution is -2.07. The average molecular weight is 242 g/mol. The van der Waals surface area contributed by atoms with E-state index in [4.69, 9.17) is 11.2 Å². The van der Waals surface area contributed by atoms with Crippen LogP contribution in [0.4, 0.5) is 0 Å². The molecule has 5 nitrogen and oxygen atoms in total. The van der Waals surface area contributed by atoms with Crippen LogP contribution in [-0.4, -0.2) is 26.8 Å². The van der Waals surface area contributed by atoms with E-state index < -0.39 is 0 Å². The zero-order chi connectivity index (χ0) is 12.6. The van der Waals surface area contributed by atoms with E-state index in [0.717, 1.165) is 24.4 Å². The van der Waals surface area contributed by atoms with Crippen molar-refractivity contribution in [2.24, 2.45) is 0 Å². The van der Waals surface area contributed by atoms with Crippen LogP contribution >= 0.6 is 0 Å². The van der Waals surface area contributed by atoms with E-state index in [1.54, 1.807) is 4.68 Å². The van der Waals surface area contributed by atoms with E-state index in [9.17, 15) is 0 Å². The molecule has 0 saturated carbocycles. The first-order valence-electron chi connectivity index (χ1n) is 5.76. The number of tetrazole rings is 1. The largest absolute Gasteiger partial charge is 0.494 e. The number of aromatic nitrogens is 4. The maximum absolute atomic E-state index is 5.59. The van der Waals surface area contributed by atoms with Crippen LogP contribution in [0.5, 0.6) is 5.75 Å². The molecule has 0 radical (unpaired) electrons. The van der Waals surface area contributed by atoms with E-state index in [-0.39, 0.29) is 0 Å². The number of benzene rings is 1. The molecule has 2 aromatic rings. The van der Waals surface area contributed by atoms with Gasteiger partial charge in [0.25, 0.3) is 0 Å². The summed E-state index contributed by atoms with van der Waals surface area (Å²) in [5.74, 6) is 4.19. The highest BCUT2D eigenvalue weighted by molar-refractivity contribution is 5.20. The van der Waals surface area contributed by atoms with Gasteiger partial charge in [-0.1, -0.05) is 24.1 Å². The second-order valence-corrected chi connectivity index (χ2v) is 3.72. The van der Waals surface area contributed by atoms with Crippen molar-refractivity contribution < 1.29 is 4.74 Å². The minimum absolute atomic E-state index is 0.405. The Morgan fingerprint density at radius 1 is 1.28 bits per heavy atom. The summed E-state index contributed by atoms with van der Waals surface area (Å²) in [4.78, 5) is 0. The zero-order valence-corrected chi connectivity index (χ0v) is 9.99. The third-order valence-corrected chi connectivity index (χ3v) is 2.40. The van der Waals surface area contributed by atoms with Crippen LogP contribution in [0.15, 0.2) is 30.3 Å². The highest BCUT2D eigenvalue weighted by Gasteiger charge is 2.04. The van der Waals surface area contributed by atoms with Gasteiger partial charge in [-0.25, -0.2) is 4.68 Å². The average Bonchev–Trinajstić information content (AvgIpc) is 2.84. The summed E-state index contributed by atoms with van der Waals surface area (Å²) in [5, 5.41) is 11.3.